The van der Waals surface area contributed by atoms with Crippen molar-refractivity contribution in [3.8, 4) is 0 Å². The Morgan fingerprint density at radius 1 is 1.04 bits per heavy atom. The van der Waals surface area contributed by atoms with Gasteiger partial charge in [-0.3, -0.25) is 4.79 Å². The quantitative estimate of drug-likeness (QED) is 0.556. The SMILES string of the molecule is Cc1ccccc1C(=O)N[C@H](Nc1ccc(Cl)cc1)C(Cl)(Cl)Cl. The fraction of sp³-hybridized carbons (Fsp3) is 0.188. The van der Waals surface area contributed by atoms with Crippen molar-refractivity contribution in [2.45, 2.75) is 16.9 Å². The molecule has 2 aromatic carbocycles. The van der Waals surface area contributed by atoms with Crippen LogP contribution in [-0.4, -0.2) is 15.9 Å². The van der Waals surface area contributed by atoms with Gasteiger partial charge in [-0.2, -0.15) is 0 Å². The number of aryl methyl sites for hydroxylation is 1. The molecule has 1 amide bonds. The highest BCUT2D eigenvalue weighted by atomic mass is 35.6. The number of anilines is 1. The summed E-state index contributed by atoms with van der Waals surface area (Å²) < 4.78 is -1.74. The molecule has 0 aliphatic carbocycles. The Hall–Kier alpha value is -1.13. The highest BCUT2D eigenvalue weighted by molar-refractivity contribution is 6.68. The lowest BCUT2D eigenvalue weighted by Crippen LogP contribution is -2.49. The number of carbonyl (C=O) groups is 1. The number of hydrogen-bond acceptors (Lipinski definition) is 2. The van der Waals surface area contributed by atoms with Crippen molar-refractivity contribution in [1.29, 1.82) is 0 Å². The van der Waals surface area contributed by atoms with Gasteiger partial charge >= 0.3 is 0 Å². The molecule has 2 N–H and O–H groups in total. The van der Waals surface area contributed by atoms with Crippen LogP contribution in [0.15, 0.2) is 48.5 Å². The molecular formula is C16H14Cl4N2O. The Morgan fingerprint density at radius 2 is 1.65 bits per heavy atom. The van der Waals surface area contributed by atoms with Gasteiger partial charge in [-0.25, -0.2) is 0 Å². The topological polar surface area (TPSA) is 41.1 Å². The number of carbonyl (C=O) groups excluding carboxylic acids is 1. The Morgan fingerprint density at radius 3 is 2.22 bits per heavy atom. The number of hydrogen-bond donors (Lipinski definition) is 2. The molecule has 0 unspecified atom stereocenters. The minimum absolute atomic E-state index is 0.333. The summed E-state index contributed by atoms with van der Waals surface area (Å²) in [5.41, 5.74) is 2.01. The van der Waals surface area contributed by atoms with Gasteiger partial charge in [-0.15, -0.1) is 0 Å². The first kappa shape index (κ1) is 18.2. The minimum atomic E-state index is -1.74. The van der Waals surface area contributed by atoms with Crippen LogP contribution in [0, 0.1) is 6.92 Å². The van der Waals surface area contributed by atoms with Crippen LogP contribution in [0.1, 0.15) is 15.9 Å². The van der Waals surface area contributed by atoms with Gasteiger partial charge in [0, 0.05) is 16.3 Å². The van der Waals surface area contributed by atoms with Crippen molar-refractivity contribution in [1.82, 2.24) is 5.32 Å². The molecule has 2 aromatic rings. The summed E-state index contributed by atoms with van der Waals surface area (Å²) in [5, 5.41) is 6.27. The van der Waals surface area contributed by atoms with E-state index >= 15 is 0 Å². The van der Waals surface area contributed by atoms with Crippen LogP contribution in [0.4, 0.5) is 5.69 Å². The molecule has 0 aliphatic rings. The molecule has 3 nitrogen and oxygen atoms in total. The van der Waals surface area contributed by atoms with E-state index in [1.807, 2.05) is 19.1 Å². The van der Waals surface area contributed by atoms with Crippen molar-refractivity contribution < 1.29 is 4.79 Å². The zero-order valence-corrected chi connectivity index (χ0v) is 15.1. The standard InChI is InChI=1S/C16H14Cl4N2O/c1-10-4-2-3-5-13(10)14(23)22-15(16(18,19)20)21-12-8-6-11(17)7-9-12/h2-9,15,21H,1H3,(H,22,23)/t15-/m0/s1. The van der Waals surface area contributed by atoms with Crippen LogP contribution in [0.25, 0.3) is 0 Å². The Balaban J connectivity index is 2.18. The minimum Gasteiger partial charge on any atom is -0.362 e. The van der Waals surface area contributed by atoms with Crippen LogP contribution in [0.5, 0.6) is 0 Å². The average Bonchev–Trinajstić information content (AvgIpc) is 2.48. The summed E-state index contributed by atoms with van der Waals surface area (Å²) >= 11 is 23.8. The van der Waals surface area contributed by atoms with Crippen molar-refractivity contribution in [3.05, 3.63) is 64.7 Å². The average molecular weight is 392 g/mol. The molecule has 7 heteroatoms. The zero-order valence-electron chi connectivity index (χ0n) is 12.1. The number of nitrogens with one attached hydrogen (secondary N) is 2. The molecule has 0 fully saturated rings. The van der Waals surface area contributed by atoms with Crippen LogP contribution >= 0.6 is 46.4 Å². The summed E-state index contributed by atoms with van der Waals surface area (Å²) in [6.07, 6.45) is -0.916. The number of alkyl halides is 3. The molecular weight excluding hydrogens is 378 g/mol. The molecule has 0 radical (unpaired) electrons. The van der Waals surface area contributed by atoms with E-state index < -0.39 is 9.96 Å². The molecule has 122 valence electrons. The van der Waals surface area contributed by atoms with Gasteiger partial charge in [0.15, 0.2) is 0 Å². The lowest BCUT2D eigenvalue weighted by molar-refractivity contribution is 0.0941. The number of rotatable bonds is 4. The van der Waals surface area contributed by atoms with E-state index in [0.29, 0.717) is 16.3 Å². The van der Waals surface area contributed by atoms with Crippen LogP contribution in [0.3, 0.4) is 0 Å². The molecule has 0 heterocycles. The van der Waals surface area contributed by atoms with E-state index in [2.05, 4.69) is 10.6 Å². The summed E-state index contributed by atoms with van der Waals surface area (Å²) in [7, 11) is 0. The smallest absolute Gasteiger partial charge is 0.253 e. The predicted octanol–water partition coefficient (Wildman–Crippen LogP) is 5.19. The maximum absolute atomic E-state index is 12.4. The lowest BCUT2D eigenvalue weighted by atomic mass is 10.1. The second-order valence-corrected chi connectivity index (χ2v) is 7.72. The molecule has 1 atom stereocenters. The van der Waals surface area contributed by atoms with Crippen LogP contribution in [-0.2, 0) is 0 Å². The van der Waals surface area contributed by atoms with Crippen molar-refractivity contribution in [2.75, 3.05) is 5.32 Å². The van der Waals surface area contributed by atoms with E-state index in [0.717, 1.165) is 5.56 Å². The first-order valence-corrected chi connectivity index (χ1v) is 8.24. The number of halogens is 4. The van der Waals surface area contributed by atoms with Gasteiger partial charge in [0.2, 0.25) is 3.79 Å². The normalized spacial score (nSPS) is 12.6. The highest BCUT2D eigenvalue weighted by Gasteiger charge is 2.34. The zero-order chi connectivity index (χ0) is 17.0. The van der Waals surface area contributed by atoms with E-state index in [4.69, 9.17) is 46.4 Å². The van der Waals surface area contributed by atoms with Gasteiger partial charge < -0.3 is 10.6 Å². The second-order valence-electron chi connectivity index (χ2n) is 4.91. The molecule has 0 bridgehead atoms. The summed E-state index contributed by atoms with van der Waals surface area (Å²) in [4.78, 5) is 12.4. The fourth-order valence-electron chi connectivity index (χ4n) is 1.95. The van der Waals surface area contributed by atoms with Gasteiger partial charge in [-0.1, -0.05) is 64.6 Å². The van der Waals surface area contributed by atoms with E-state index in [-0.39, 0.29) is 5.91 Å². The largest absolute Gasteiger partial charge is 0.362 e. The third kappa shape index (κ3) is 5.18. The molecule has 0 spiro atoms. The van der Waals surface area contributed by atoms with E-state index in [1.54, 1.807) is 36.4 Å². The molecule has 0 aromatic heterocycles. The van der Waals surface area contributed by atoms with E-state index in [1.165, 1.54) is 0 Å². The summed E-state index contributed by atoms with van der Waals surface area (Å²) in [5.74, 6) is -0.333. The summed E-state index contributed by atoms with van der Waals surface area (Å²) in [6, 6.07) is 14.0. The van der Waals surface area contributed by atoms with Crippen molar-refractivity contribution >= 4 is 58.0 Å². The Labute approximate surface area is 154 Å². The van der Waals surface area contributed by atoms with Crippen LogP contribution in [0.2, 0.25) is 5.02 Å². The maximum atomic E-state index is 12.4. The monoisotopic (exact) mass is 390 g/mol. The first-order valence-electron chi connectivity index (χ1n) is 6.72. The number of amides is 1. The third-order valence-corrected chi connectivity index (χ3v) is 4.05. The highest BCUT2D eigenvalue weighted by Crippen LogP contribution is 2.31. The second kappa shape index (κ2) is 7.63. The van der Waals surface area contributed by atoms with Gasteiger partial charge in [0.1, 0.15) is 6.17 Å². The molecule has 2 rings (SSSR count). The molecule has 0 aliphatic heterocycles. The third-order valence-electron chi connectivity index (χ3n) is 3.15. The lowest BCUT2D eigenvalue weighted by Gasteiger charge is -2.27. The van der Waals surface area contributed by atoms with Gasteiger partial charge in [0.25, 0.3) is 5.91 Å². The van der Waals surface area contributed by atoms with Crippen molar-refractivity contribution in [3.63, 3.8) is 0 Å². The maximum Gasteiger partial charge on any atom is 0.253 e. The van der Waals surface area contributed by atoms with E-state index in [9.17, 15) is 4.79 Å². The van der Waals surface area contributed by atoms with Crippen molar-refractivity contribution in [2.24, 2.45) is 0 Å². The molecule has 0 saturated heterocycles. The van der Waals surface area contributed by atoms with Gasteiger partial charge in [0.05, 0.1) is 0 Å². The molecule has 0 saturated carbocycles. The Bertz CT molecular complexity index is 683. The fourth-order valence-corrected chi connectivity index (χ4v) is 2.40. The van der Waals surface area contributed by atoms with Crippen LogP contribution < -0.4 is 10.6 Å². The predicted molar refractivity (Wildman–Crippen MR) is 97.8 cm³/mol. The first-order chi connectivity index (χ1) is 10.8. The summed E-state index contributed by atoms with van der Waals surface area (Å²) in [6.45, 7) is 1.84. The van der Waals surface area contributed by atoms with Gasteiger partial charge in [-0.05, 0) is 42.8 Å². The molecule has 23 heavy (non-hydrogen) atoms. The Kier molecular flexibility index (Phi) is 6.04. The number of benzene rings is 2.